The molecule has 0 radical (unpaired) electrons. The van der Waals surface area contributed by atoms with Gasteiger partial charge in [-0.3, -0.25) is 9.62 Å². The molecule has 2 atom stereocenters. The largest absolute Gasteiger partial charge is 0.464 e. The predicted octanol–water partition coefficient (Wildman–Crippen LogP) is 3.86. The summed E-state index contributed by atoms with van der Waals surface area (Å²) >= 11 is 0. The number of nitrogens with zero attached hydrogens (tertiary/aromatic N) is 1. The number of carbonyl (C=O) groups excluding carboxylic acids is 2. The Bertz CT molecular complexity index is 1470. The number of carbonyl (C=O) groups is 2. The second-order valence-electron chi connectivity index (χ2n) is 8.94. The Kier molecular flexibility index (Phi) is 6.81. The number of sulfonamides is 1. The van der Waals surface area contributed by atoms with Crippen molar-refractivity contribution in [3.63, 3.8) is 0 Å². The van der Waals surface area contributed by atoms with E-state index in [1.54, 1.807) is 62.4 Å². The van der Waals surface area contributed by atoms with Gasteiger partial charge in [0, 0.05) is 0 Å². The maximum Gasteiger partial charge on any atom is 0.342 e. The Morgan fingerprint density at radius 3 is 2.03 bits per heavy atom. The second-order valence-corrected chi connectivity index (χ2v) is 10.8. The van der Waals surface area contributed by atoms with E-state index in [2.05, 4.69) is 5.32 Å². The van der Waals surface area contributed by atoms with Crippen molar-refractivity contribution in [1.82, 2.24) is 5.32 Å². The number of anilines is 1. The van der Waals surface area contributed by atoms with E-state index in [0.29, 0.717) is 16.8 Å². The molecule has 2 heterocycles. The molecule has 0 saturated carbocycles. The van der Waals surface area contributed by atoms with Crippen molar-refractivity contribution in [3.05, 3.63) is 102 Å². The van der Waals surface area contributed by atoms with Gasteiger partial charge in [-0.1, -0.05) is 72.8 Å². The lowest BCUT2D eigenvalue weighted by Gasteiger charge is -2.32. The van der Waals surface area contributed by atoms with Gasteiger partial charge in [0.2, 0.25) is 5.54 Å². The van der Waals surface area contributed by atoms with Crippen LogP contribution in [0.2, 0.25) is 0 Å². The van der Waals surface area contributed by atoms with Crippen LogP contribution in [0.4, 0.5) is 5.69 Å². The van der Waals surface area contributed by atoms with Gasteiger partial charge < -0.3 is 9.47 Å². The molecule has 1 N–H and O–H groups in total. The molecule has 8 nitrogen and oxygen atoms in total. The zero-order chi connectivity index (χ0) is 26.9. The van der Waals surface area contributed by atoms with E-state index < -0.39 is 39.6 Å². The lowest BCUT2D eigenvalue weighted by atomic mass is 9.87. The molecule has 9 heteroatoms. The Balaban J connectivity index is 1.80. The lowest BCUT2D eigenvalue weighted by molar-refractivity contribution is -0.163. The summed E-state index contributed by atoms with van der Waals surface area (Å²) in [7, 11) is -4.11. The van der Waals surface area contributed by atoms with Crippen LogP contribution in [0.15, 0.2) is 95.4 Å². The molecular weight excluding hydrogens is 504 g/mol. The molecule has 2 aliphatic heterocycles. The molecule has 3 aromatic carbocycles. The summed E-state index contributed by atoms with van der Waals surface area (Å²) in [5.41, 5.74) is -0.00217. The van der Waals surface area contributed by atoms with Crippen LogP contribution in [0.1, 0.15) is 31.0 Å². The maximum atomic E-state index is 14.2. The number of nitrogens with one attached hydrogen (secondary N) is 1. The van der Waals surface area contributed by atoms with Crippen LogP contribution < -0.4 is 9.62 Å². The van der Waals surface area contributed by atoms with Gasteiger partial charge in [0.25, 0.3) is 10.0 Å². The first kappa shape index (κ1) is 25.7. The highest BCUT2D eigenvalue weighted by Gasteiger charge is 2.66. The lowest BCUT2D eigenvalue weighted by Crippen LogP contribution is -2.58. The van der Waals surface area contributed by atoms with Gasteiger partial charge in [-0.2, -0.15) is 0 Å². The van der Waals surface area contributed by atoms with Crippen molar-refractivity contribution in [3.8, 4) is 0 Å². The van der Waals surface area contributed by atoms with Gasteiger partial charge in [-0.25, -0.2) is 18.0 Å². The fraction of sp³-hybridized carbons (Fsp3) is 0.241. The summed E-state index contributed by atoms with van der Waals surface area (Å²) < 4.78 is 40.5. The van der Waals surface area contributed by atoms with Gasteiger partial charge in [-0.05, 0) is 48.7 Å². The van der Waals surface area contributed by atoms with Crippen molar-refractivity contribution in [2.75, 3.05) is 17.5 Å². The highest BCUT2D eigenvalue weighted by molar-refractivity contribution is 7.93. The summed E-state index contributed by atoms with van der Waals surface area (Å²) in [6, 6.07) is 22.7. The van der Waals surface area contributed by atoms with Crippen molar-refractivity contribution < 1.29 is 27.5 Å². The summed E-state index contributed by atoms with van der Waals surface area (Å²) in [4.78, 5) is 27.4. The van der Waals surface area contributed by atoms with Gasteiger partial charge in [0.1, 0.15) is 0 Å². The molecule has 38 heavy (non-hydrogen) atoms. The Morgan fingerprint density at radius 1 is 0.868 bits per heavy atom. The minimum Gasteiger partial charge on any atom is -0.464 e. The van der Waals surface area contributed by atoms with Crippen molar-refractivity contribution >= 4 is 33.7 Å². The van der Waals surface area contributed by atoms with Crippen LogP contribution in [-0.4, -0.2) is 45.2 Å². The molecule has 2 aliphatic rings. The second kappa shape index (κ2) is 10.1. The molecule has 3 aromatic rings. The zero-order valence-electron chi connectivity index (χ0n) is 21.0. The van der Waals surface area contributed by atoms with E-state index in [1.807, 2.05) is 30.3 Å². The first-order valence-electron chi connectivity index (χ1n) is 12.4. The average molecular weight is 533 g/mol. The highest BCUT2D eigenvalue weighted by atomic mass is 32.2. The fourth-order valence-corrected chi connectivity index (χ4v) is 6.92. The molecule has 196 valence electrons. The third-order valence-electron chi connectivity index (χ3n) is 6.79. The van der Waals surface area contributed by atoms with Crippen molar-refractivity contribution in [1.29, 1.82) is 0 Å². The number of hydrogen-bond donors (Lipinski definition) is 1. The van der Waals surface area contributed by atoms with E-state index in [0.717, 1.165) is 0 Å². The highest BCUT2D eigenvalue weighted by Crippen LogP contribution is 2.53. The minimum atomic E-state index is -4.11. The van der Waals surface area contributed by atoms with E-state index in [1.165, 1.54) is 16.4 Å². The topological polar surface area (TPSA) is 102 Å². The molecule has 0 aliphatic carbocycles. The fourth-order valence-electron chi connectivity index (χ4n) is 5.23. The van der Waals surface area contributed by atoms with Crippen LogP contribution in [0, 0.1) is 0 Å². The monoisotopic (exact) mass is 532 g/mol. The quantitative estimate of drug-likeness (QED) is 0.364. The smallest absolute Gasteiger partial charge is 0.342 e. The third-order valence-corrected chi connectivity index (χ3v) is 8.60. The molecule has 0 aromatic heterocycles. The molecule has 5 rings (SSSR count). The zero-order valence-corrected chi connectivity index (χ0v) is 21.9. The Morgan fingerprint density at radius 2 is 1.42 bits per heavy atom. The van der Waals surface area contributed by atoms with E-state index in [-0.39, 0.29) is 23.7 Å². The summed E-state index contributed by atoms with van der Waals surface area (Å²) in [5.74, 6) is -1.69. The Labute approximate surface area is 221 Å². The van der Waals surface area contributed by atoms with Crippen LogP contribution >= 0.6 is 0 Å². The van der Waals surface area contributed by atoms with E-state index in [4.69, 9.17) is 9.47 Å². The van der Waals surface area contributed by atoms with Crippen molar-refractivity contribution in [2.45, 2.75) is 36.4 Å². The SMILES string of the molecule is CCOC(=O)C1(C(=O)OCC)N[C@H]2c3ccccc3N(S(=O)(=O)c3ccccc3)[C@H]2/C1=C\c1ccccc1. The number of esters is 2. The molecule has 0 bridgehead atoms. The normalized spacial score (nSPS) is 20.6. The molecular formula is C29H28N2O6S. The number of ether oxygens (including phenoxy) is 2. The molecule has 0 amide bonds. The van der Waals surface area contributed by atoms with Crippen LogP contribution in [-0.2, 0) is 29.1 Å². The molecule has 0 spiro atoms. The first-order chi connectivity index (χ1) is 18.4. The molecule has 1 fully saturated rings. The number of rotatable bonds is 7. The average Bonchev–Trinajstić information content (AvgIpc) is 3.43. The summed E-state index contributed by atoms with van der Waals surface area (Å²) in [6.45, 7) is 3.35. The minimum absolute atomic E-state index is 0.0260. The van der Waals surface area contributed by atoms with Crippen LogP contribution in [0.3, 0.4) is 0 Å². The molecule has 1 saturated heterocycles. The summed E-state index contributed by atoms with van der Waals surface area (Å²) in [6.07, 6.45) is 1.69. The standard InChI is InChI=1S/C29H28N2O6S/c1-3-36-27(32)29(28(33)37-4-2)23(19-20-13-7-5-8-14-20)26-25(30-29)22-17-11-12-18-24(22)31(26)38(34,35)21-15-9-6-10-16-21/h5-19,25-26,30H,3-4H2,1-2H3/b23-19+/t25-,26-/m0/s1. The number of fused-ring (bicyclic) bond motifs is 3. The number of hydrogen-bond acceptors (Lipinski definition) is 7. The summed E-state index contributed by atoms with van der Waals surface area (Å²) in [5, 5.41) is 3.19. The van der Waals surface area contributed by atoms with Gasteiger partial charge in [0.05, 0.1) is 35.9 Å². The third kappa shape index (κ3) is 3.99. The van der Waals surface area contributed by atoms with Gasteiger partial charge in [0.15, 0.2) is 0 Å². The van der Waals surface area contributed by atoms with Gasteiger partial charge in [-0.15, -0.1) is 0 Å². The predicted molar refractivity (Wildman–Crippen MR) is 143 cm³/mol. The van der Waals surface area contributed by atoms with E-state index >= 15 is 0 Å². The van der Waals surface area contributed by atoms with Crippen LogP contribution in [0.5, 0.6) is 0 Å². The number of para-hydroxylation sites is 1. The van der Waals surface area contributed by atoms with E-state index in [9.17, 15) is 18.0 Å². The first-order valence-corrected chi connectivity index (χ1v) is 13.9. The Hall–Kier alpha value is -3.95. The maximum absolute atomic E-state index is 14.2. The van der Waals surface area contributed by atoms with Gasteiger partial charge >= 0.3 is 11.9 Å². The number of benzene rings is 3. The molecule has 0 unspecified atom stereocenters. The van der Waals surface area contributed by atoms with Crippen LogP contribution in [0.25, 0.3) is 6.08 Å². The van der Waals surface area contributed by atoms with Crippen molar-refractivity contribution in [2.24, 2.45) is 0 Å².